The van der Waals surface area contributed by atoms with Gasteiger partial charge in [0.15, 0.2) is 5.82 Å². The first kappa shape index (κ1) is 12.4. The van der Waals surface area contributed by atoms with Crippen molar-refractivity contribution in [2.75, 3.05) is 0 Å². The summed E-state index contributed by atoms with van der Waals surface area (Å²) in [6.07, 6.45) is 0.975. The average molecular weight is 257 g/mol. The van der Waals surface area contributed by atoms with Gasteiger partial charge in [-0.1, -0.05) is 50.2 Å². The van der Waals surface area contributed by atoms with E-state index in [0.717, 1.165) is 6.42 Å². The number of fused-ring (bicyclic) bond motifs is 1. The molecule has 4 nitrogen and oxygen atoms in total. The van der Waals surface area contributed by atoms with E-state index in [1.54, 1.807) is 0 Å². The molecule has 0 saturated heterocycles. The maximum Gasteiger partial charge on any atom is 0.234 e. The lowest BCUT2D eigenvalue weighted by Crippen LogP contribution is -2.27. The summed E-state index contributed by atoms with van der Waals surface area (Å²) < 4.78 is 5.40. The van der Waals surface area contributed by atoms with Gasteiger partial charge in [-0.25, -0.2) is 0 Å². The first-order valence-corrected chi connectivity index (χ1v) is 6.63. The molecule has 1 aromatic heterocycles. The summed E-state index contributed by atoms with van der Waals surface area (Å²) in [6.45, 7) is 6.23. The van der Waals surface area contributed by atoms with Crippen molar-refractivity contribution >= 4 is 0 Å². The summed E-state index contributed by atoms with van der Waals surface area (Å²) in [4.78, 5) is 4.49. The summed E-state index contributed by atoms with van der Waals surface area (Å²) in [5, 5.41) is 4.05. The van der Waals surface area contributed by atoms with E-state index in [-0.39, 0.29) is 17.4 Å². The summed E-state index contributed by atoms with van der Waals surface area (Å²) in [6, 6.07) is 8.16. The number of hydrogen-bond acceptors (Lipinski definition) is 4. The van der Waals surface area contributed by atoms with Gasteiger partial charge in [0, 0.05) is 0 Å². The normalized spacial score (nSPS) is 19.7. The van der Waals surface area contributed by atoms with Gasteiger partial charge < -0.3 is 10.3 Å². The maximum atomic E-state index is 6.15. The highest BCUT2D eigenvalue weighted by molar-refractivity contribution is 5.43. The van der Waals surface area contributed by atoms with Gasteiger partial charge >= 0.3 is 0 Å². The quantitative estimate of drug-likeness (QED) is 0.898. The topological polar surface area (TPSA) is 64.9 Å². The lowest BCUT2D eigenvalue weighted by molar-refractivity contribution is 0.298. The number of hydrogen-bond donors (Lipinski definition) is 1. The monoisotopic (exact) mass is 257 g/mol. The minimum absolute atomic E-state index is 0.0708. The molecule has 1 heterocycles. The molecule has 2 N–H and O–H groups in total. The van der Waals surface area contributed by atoms with Gasteiger partial charge in [0.1, 0.15) is 0 Å². The van der Waals surface area contributed by atoms with Crippen LogP contribution in [-0.2, 0) is 6.42 Å². The van der Waals surface area contributed by atoms with E-state index in [4.69, 9.17) is 10.3 Å². The highest BCUT2D eigenvalue weighted by Gasteiger charge is 2.33. The van der Waals surface area contributed by atoms with E-state index >= 15 is 0 Å². The SMILES string of the molecule is CC(C)(C)C(N)c1noc(C2Cc3ccccc32)n1. The lowest BCUT2D eigenvalue weighted by Gasteiger charge is -2.27. The predicted molar refractivity (Wildman–Crippen MR) is 72.7 cm³/mol. The highest BCUT2D eigenvalue weighted by atomic mass is 16.5. The van der Waals surface area contributed by atoms with Crippen LogP contribution < -0.4 is 5.73 Å². The van der Waals surface area contributed by atoms with Crippen LogP contribution in [0.1, 0.15) is 55.6 Å². The smallest absolute Gasteiger partial charge is 0.234 e. The van der Waals surface area contributed by atoms with Crippen molar-refractivity contribution < 1.29 is 4.52 Å². The van der Waals surface area contributed by atoms with Crippen molar-refractivity contribution in [3.63, 3.8) is 0 Å². The van der Waals surface area contributed by atoms with Crippen LogP contribution in [0.4, 0.5) is 0 Å². The minimum atomic E-state index is -0.208. The Morgan fingerprint density at radius 2 is 2.05 bits per heavy atom. The minimum Gasteiger partial charge on any atom is -0.339 e. The molecule has 0 amide bonds. The van der Waals surface area contributed by atoms with E-state index in [9.17, 15) is 0 Å². The standard InChI is InChI=1S/C15H19N3O/c1-15(2,3)12(16)13-17-14(19-18-13)11-8-9-6-4-5-7-10(9)11/h4-7,11-12H,8,16H2,1-3H3. The van der Waals surface area contributed by atoms with E-state index in [1.165, 1.54) is 11.1 Å². The largest absolute Gasteiger partial charge is 0.339 e. The van der Waals surface area contributed by atoms with Crippen LogP contribution in [0.5, 0.6) is 0 Å². The third-order valence-electron chi connectivity index (χ3n) is 3.82. The van der Waals surface area contributed by atoms with Gasteiger partial charge in [0.25, 0.3) is 0 Å². The third kappa shape index (κ3) is 2.06. The Hall–Kier alpha value is -1.68. The van der Waals surface area contributed by atoms with Crippen molar-refractivity contribution in [2.24, 2.45) is 11.1 Å². The number of nitrogens with two attached hydrogens (primary N) is 1. The molecular formula is C15H19N3O. The molecule has 0 fully saturated rings. The van der Waals surface area contributed by atoms with E-state index in [0.29, 0.717) is 11.7 Å². The second-order valence-electron chi connectivity index (χ2n) is 6.29. The number of benzene rings is 1. The van der Waals surface area contributed by atoms with Crippen LogP contribution in [0.3, 0.4) is 0 Å². The zero-order valence-electron chi connectivity index (χ0n) is 11.6. The molecule has 0 aliphatic heterocycles. The van der Waals surface area contributed by atoms with Gasteiger partial charge in [0.05, 0.1) is 12.0 Å². The highest BCUT2D eigenvalue weighted by Crippen LogP contribution is 2.39. The fourth-order valence-electron chi connectivity index (χ4n) is 2.38. The van der Waals surface area contributed by atoms with Crippen LogP contribution in [0.2, 0.25) is 0 Å². The zero-order chi connectivity index (χ0) is 13.6. The Morgan fingerprint density at radius 3 is 2.74 bits per heavy atom. The number of nitrogens with zero attached hydrogens (tertiary/aromatic N) is 2. The fraction of sp³-hybridized carbons (Fsp3) is 0.467. The Morgan fingerprint density at radius 1 is 1.32 bits per heavy atom. The summed E-state index contributed by atoms with van der Waals surface area (Å²) >= 11 is 0. The molecule has 1 aliphatic carbocycles. The molecule has 19 heavy (non-hydrogen) atoms. The summed E-state index contributed by atoms with van der Waals surface area (Å²) in [5.74, 6) is 1.53. The third-order valence-corrected chi connectivity index (χ3v) is 3.82. The Labute approximate surface area is 113 Å². The second kappa shape index (κ2) is 4.17. The van der Waals surface area contributed by atoms with Gasteiger partial charge in [-0.15, -0.1) is 0 Å². The van der Waals surface area contributed by atoms with Gasteiger partial charge in [-0.05, 0) is 23.0 Å². The van der Waals surface area contributed by atoms with Crippen molar-refractivity contribution in [2.45, 2.75) is 39.2 Å². The molecular weight excluding hydrogens is 238 g/mol. The predicted octanol–water partition coefficient (Wildman–Crippen LogP) is 2.80. The van der Waals surface area contributed by atoms with Crippen LogP contribution in [0.15, 0.2) is 28.8 Å². The number of aromatic nitrogens is 2. The molecule has 2 aromatic rings. The summed E-state index contributed by atoms with van der Waals surface area (Å²) in [5.41, 5.74) is 8.75. The molecule has 1 aromatic carbocycles. The Kier molecular flexibility index (Phi) is 2.71. The maximum absolute atomic E-state index is 6.15. The molecule has 0 spiro atoms. The molecule has 1 aliphatic rings. The van der Waals surface area contributed by atoms with E-state index in [2.05, 4.69) is 49.1 Å². The molecule has 0 saturated carbocycles. The molecule has 3 rings (SSSR count). The first-order valence-electron chi connectivity index (χ1n) is 6.63. The number of rotatable bonds is 2. The molecule has 0 radical (unpaired) electrons. The van der Waals surface area contributed by atoms with Crippen molar-refractivity contribution in [3.05, 3.63) is 47.1 Å². The van der Waals surface area contributed by atoms with Crippen molar-refractivity contribution in [1.82, 2.24) is 10.1 Å². The first-order chi connectivity index (χ1) is 8.97. The molecule has 0 bridgehead atoms. The molecule has 2 unspecified atom stereocenters. The lowest BCUT2D eigenvalue weighted by atomic mass is 9.77. The van der Waals surface area contributed by atoms with Gasteiger partial charge in [0.2, 0.25) is 5.89 Å². The van der Waals surface area contributed by atoms with Crippen LogP contribution >= 0.6 is 0 Å². The molecule has 4 heteroatoms. The van der Waals surface area contributed by atoms with Crippen LogP contribution in [0, 0.1) is 5.41 Å². The Bertz CT molecular complexity index is 597. The fourth-order valence-corrected chi connectivity index (χ4v) is 2.38. The summed E-state index contributed by atoms with van der Waals surface area (Å²) in [7, 11) is 0. The van der Waals surface area contributed by atoms with E-state index < -0.39 is 0 Å². The zero-order valence-corrected chi connectivity index (χ0v) is 11.6. The van der Waals surface area contributed by atoms with Crippen molar-refractivity contribution in [3.8, 4) is 0 Å². The van der Waals surface area contributed by atoms with E-state index in [1.807, 2.05) is 6.07 Å². The van der Waals surface area contributed by atoms with Crippen LogP contribution in [-0.4, -0.2) is 10.1 Å². The molecule has 100 valence electrons. The van der Waals surface area contributed by atoms with Gasteiger partial charge in [-0.3, -0.25) is 0 Å². The Balaban J connectivity index is 1.84. The average Bonchev–Trinajstić information content (AvgIpc) is 2.77. The van der Waals surface area contributed by atoms with Gasteiger partial charge in [-0.2, -0.15) is 4.98 Å². The van der Waals surface area contributed by atoms with Crippen LogP contribution in [0.25, 0.3) is 0 Å². The second-order valence-corrected chi connectivity index (χ2v) is 6.29. The van der Waals surface area contributed by atoms with Crippen molar-refractivity contribution in [1.29, 1.82) is 0 Å². The molecule has 2 atom stereocenters.